The van der Waals surface area contributed by atoms with Crippen LogP contribution in [-0.4, -0.2) is 53.1 Å². The maximum atomic E-state index is 11.6. The molecule has 1 aliphatic rings. The first-order valence-corrected chi connectivity index (χ1v) is 7.28. The van der Waals surface area contributed by atoms with Crippen molar-refractivity contribution in [3.05, 3.63) is 0 Å². The average molecular weight is 302 g/mol. The minimum atomic E-state index is -0.770. The van der Waals surface area contributed by atoms with Gasteiger partial charge in [0.2, 0.25) is 5.91 Å². The van der Waals surface area contributed by atoms with Crippen LogP contribution in [0.3, 0.4) is 0 Å². The molecule has 0 aromatic heterocycles. The first-order valence-electron chi connectivity index (χ1n) is 7.28. The fraction of sp³-hybridized carbons (Fsp3) is 0.857. The summed E-state index contributed by atoms with van der Waals surface area (Å²) in [4.78, 5) is 22.9. The van der Waals surface area contributed by atoms with Crippen molar-refractivity contribution < 1.29 is 24.5 Å². The number of rotatable bonds is 5. The van der Waals surface area contributed by atoms with Crippen LogP contribution < -0.4 is 10.6 Å². The third-order valence-corrected chi connectivity index (χ3v) is 3.33. The SMILES string of the molecule is CC(C)(C)OC(=O)NCC(=O)NCC(O)C1CCCC1O. The summed E-state index contributed by atoms with van der Waals surface area (Å²) < 4.78 is 5.00. The Hall–Kier alpha value is -1.34. The second-order valence-electron chi connectivity index (χ2n) is 6.39. The van der Waals surface area contributed by atoms with Crippen LogP contribution >= 0.6 is 0 Å². The second kappa shape index (κ2) is 7.61. The largest absolute Gasteiger partial charge is 0.444 e. The quantitative estimate of drug-likeness (QED) is 0.578. The predicted octanol–water partition coefficient (Wildman–Crippen LogP) is 0.149. The number of ether oxygens (including phenoxy) is 1. The van der Waals surface area contributed by atoms with E-state index < -0.39 is 29.8 Å². The van der Waals surface area contributed by atoms with Gasteiger partial charge in [-0.15, -0.1) is 0 Å². The highest BCUT2D eigenvalue weighted by molar-refractivity contribution is 5.82. The van der Waals surface area contributed by atoms with E-state index >= 15 is 0 Å². The molecule has 1 rings (SSSR count). The van der Waals surface area contributed by atoms with Gasteiger partial charge in [0.15, 0.2) is 0 Å². The van der Waals surface area contributed by atoms with Crippen LogP contribution in [0.15, 0.2) is 0 Å². The number of carbonyl (C=O) groups is 2. The normalized spacial score (nSPS) is 23.5. The topological polar surface area (TPSA) is 108 Å². The van der Waals surface area contributed by atoms with Gasteiger partial charge in [0.25, 0.3) is 0 Å². The van der Waals surface area contributed by atoms with Gasteiger partial charge in [-0.05, 0) is 33.6 Å². The van der Waals surface area contributed by atoms with Crippen molar-refractivity contribution in [2.75, 3.05) is 13.1 Å². The molecule has 0 spiro atoms. The van der Waals surface area contributed by atoms with Crippen LogP contribution in [0, 0.1) is 5.92 Å². The molecule has 2 amide bonds. The Morgan fingerprint density at radius 2 is 1.95 bits per heavy atom. The molecule has 3 unspecified atom stereocenters. The lowest BCUT2D eigenvalue weighted by Crippen LogP contribution is -2.43. The van der Waals surface area contributed by atoms with Crippen LogP contribution in [0.4, 0.5) is 4.79 Å². The molecule has 1 fully saturated rings. The predicted molar refractivity (Wildman–Crippen MR) is 76.6 cm³/mol. The first-order chi connectivity index (χ1) is 9.69. The van der Waals surface area contributed by atoms with Gasteiger partial charge in [0, 0.05) is 12.5 Å². The zero-order chi connectivity index (χ0) is 16.0. The number of amides is 2. The molecular formula is C14H26N2O5. The van der Waals surface area contributed by atoms with E-state index in [0.717, 1.165) is 12.8 Å². The van der Waals surface area contributed by atoms with Gasteiger partial charge in [0.05, 0.1) is 18.8 Å². The molecule has 0 radical (unpaired) electrons. The summed E-state index contributed by atoms with van der Waals surface area (Å²) in [5, 5.41) is 24.4. The molecule has 7 heteroatoms. The maximum Gasteiger partial charge on any atom is 0.408 e. The van der Waals surface area contributed by atoms with Crippen molar-refractivity contribution in [2.45, 2.75) is 57.8 Å². The van der Waals surface area contributed by atoms with Gasteiger partial charge in [-0.25, -0.2) is 4.79 Å². The Morgan fingerprint density at radius 3 is 2.48 bits per heavy atom. The molecule has 0 aliphatic heterocycles. The summed E-state index contributed by atoms with van der Waals surface area (Å²) in [6.07, 6.45) is 0.399. The molecule has 122 valence electrons. The van der Waals surface area contributed by atoms with Crippen molar-refractivity contribution in [1.82, 2.24) is 10.6 Å². The molecule has 0 heterocycles. The summed E-state index contributed by atoms with van der Waals surface area (Å²) in [7, 11) is 0. The maximum absolute atomic E-state index is 11.6. The second-order valence-corrected chi connectivity index (χ2v) is 6.39. The molecule has 0 aromatic rings. The Labute approximate surface area is 125 Å². The highest BCUT2D eigenvalue weighted by Crippen LogP contribution is 2.28. The highest BCUT2D eigenvalue weighted by atomic mass is 16.6. The zero-order valence-electron chi connectivity index (χ0n) is 12.9. The summed E-state index contributed by atoms with van der Waals surface area (Å²) in [6, 6.07) is 0. The van der Waals surface area contributed by atoms with E-state index in [1.165, 1.54) is 0 Å². The van der Waals surface area contributed by atoms with Crippen LogP contribution in [0.5, 0.6) is 0 Å². The van der Waals surface area contributed by atoms with E-state index in [1.807, 2.05) is 0 Å². The lowest BCUT2D eigenvalue weighted by molar-refractivity contribution is -0.121. The van der Waals surface area contributed by atoms with E-state index in [4.69, 9.17) is 4.74 Å². The molecule has 1 saturated carbocycles. The molecule has 4 N–H and O–H groups in total. The number of hydrogen-bond acceptors (Lipinski definition) is 5. The lowest BCUT2D eigenvalue weighted by atomic mass is 9.99. The molecule has 1 aliphatic carbocycles. The van der Waals surface area contributed by atoms with Crippen LogP contribution in [0.25, 0.3) is 0 Å². The van der Waals surface area contributed by atoms with E-state index in [9.17, 15) is 19.8 Å². The minimum Gasteiger partial charge on any atom is -0.444 e. The van der Waals surface area contributed by atoms with Crippen molar-refractivity contribution in [1.29, 1.82) is 0 Å². The van der Waals surface area contributed by atoms with Gasteiger partial charge in [0.1, 0.15) is 5.60 Å². The first kappa shape index (κ1) is 17.7. The lowest BCUT2D eigenvalue weighted by Gasteiger charge is -2.22. The van der Waals surface area contributed by atoms with E-state index in [1.54, 1.807) is 20.8 Å². The molecule has 7 nitrogen and oxygen atoms in total. The van der Waals surface area contributed by atoms with Crippen LogP contribution in [0.1, 0.15) is 40.0 Å². The molecule has 3 atom stereocenters. The molecule has 0 bridgehead atoms. The Kier molecular flexibility index (Phi) is 6.42. The average Bonchev–Trinajstić information content (AvgIpc) is 2.77. The Morgan fingerprint density at radius 1 is 1.29 bits per heavy atom. The number of aliphatic hydroxyl groups is 2. The fourth-order valence-electron chi connectivity index (χ4n) is 2.32. The van der Waals surface area contributed by atoms with Crippen molar-refractivity contribution in [2.24, 2.45) is 5.92 Å². The van der Waals surface area contributed by atoms with Crippen molar-refractivity contribution in [3.63, 3.8) is 0 Å². The van der Waals surface area contributed by atoms with E-state index in [2.05, 4.69) is 10.6 Å². The fourth-order valence-corrected chi connectivity index (χ4v) is 2.32. The van der Waals surface area contributed by atoms with Gasteiger partial charge < -0.3 is 25.6 Å². The number of aliphatic hydroxyl groups excluding tert-OH is 2. The van der Waals surface area contributed by atoms with E-state index in [0.29, 0.717) is 6.42 Å². The third-order valence-electron chi connectivity index (χ3n) is 3.33. The van der Waals surface area contributed by atoms with Gasteiger partial charge >= 0.3 is 6.09 Å². The summed E-state index contributed by atoms with van der Waals surface area (Å²) in [5.74, 6) is -0.600. The van der Waals surface area contributed by atoms with Crippen molar-refractivity contribution >= 4 is 12.0 Å². The van der Waals surface area contributed by atoms with Crippen LogP contribution in [0.2, 0.25) is 0 Å². The third kappa shape index (κ3) is 6.77. The zero-order valence-corrected chi connectivity index (χ0v) is 12.9. The number of alkyl carbamates (subject to hydrolysis) is 1. The molecule has 0 saturated heterocycles. The standard InChI is InChI=1S/C14H26N2O5/c1-14(2,3)21-13(20)16-8-12(19)15-7-11(18)9-5-4-6-10(9)17/h9-11,17-18H,4-8H2,1-3H3,(H,15,19)(H,16,20). The van der Waals surface area contributed by atoms with Gasteiger partial charge in [-0.3, -0.25) is 4.79 Å². The van der Waals surface area contributed by atoms with Crippen molar-refractivity contribution in [3.8, 4) is 0 Å². The van der Waals surface area contributed by atoms with Crippen LogP contribution in [-0.2, 0) is 9.53 Å². The van der Waals surface area contributed by atoms with Gasteiger partial charge in [-0.2, -0.15) is 0 Å². The summed E-state index contributed by atoms with van der Waals surface area (Å²) >= 11 is 0. The highest BCUT2D eigenvalue weighted by Gasteiger charge is 2.31. The summed E-state index contributed by atoms with van der Waals surface area (Å²) in [6.45, 7) is 5.05. The van der Waals surface area contributed by atoms with Gasteiger partial charge in [-0.1, -0.05) is 6.42 Å². The van der Waals surface area contributed by atoms with E-state index in [-0.39, 0.29) is 19.0 Å². The number of hydrogen-bond donors (Lipinski definition) is 4. The molecule has 0 aromatic carbocycles. The summed E-state index contributed by atoms with van der Waals surface area (Å²) in [5.41, 5.74) is -0.616. The molecule has 21 heavy (non-hydrogen) atoms. The Balaban J connectivity index is 2.20. The molecular weight excluding hydrogens is 276 g/mol. The number of nitrogens with one attached hydrogen (secondary N) is 2. The minimum absolute atomic E-state index is 0.0660. The smallest absolute Gasteiger partial charge is 0.408 e. The number of carbonyl (C=O) groups excluding carboxylic acids is 2. The Bertz CT molecular complexity index is 367. The monoisotopic (exact) mass is 302 g/mol.